The topological polar surface area (TPSA) is 75.9 Å². The highest BCUT2D eigenvalue weighted by atomic mass is 16.6. The fraction of sp³-hybridized carbons (Fsp3) is 0.381. The van der Waals surface area contributed by atoms with Crippen molar-refractivity contribution in [2.75, 3.05) is 39.3 Å². The number of nitrogens with zero attached hydrogens (tertiary/aromatic N) is 3. The molecule has 0 unspecified atom stereocenters. The highest BCUT2D eigenvalue weighted by molar-refractivity contribution is 5.95. The maximum absolute atomic E-state index is 12.8. The van der Waals surface area contributed by atoms with Crippen LogP contribution in [0.4, 0.5) is 5.69 Å². The van der Waals surface area contributed by atoms with Crippen molar-refractivity contribution in [3.05, 3.63) is 69.8 Å². The maximum Gasteiger partial charge on any atom is 0.311 e. The summed E-state index contributed by atoms with van der Waals surface area (Å²) >= 11 is 0. The van der Waals surface area contributed by atoms with Crippen LogP contribution in [0.15, 0.2) is 48.5 Å². The van der Waals surface area contributed by atoms with Gasteiger partial charge in [0.15, 0.2) is 5.75 Å². The Bertz CT molecular complexity index is 818. The van der Waals surface area contributed by atoms with Gasteiger partial charge in [0.25, 0.3) is 5.91 Å². The Balaban J connectivity index is 1.57. The van der Waals surface area contributed by atoms with Gasteiger partial charge in [0.05, 0.1) is 11.5 Å². The number of rotatable bonds is 7. The Kier molecular flexibility index (Phi) is 6.60. The summed E-state index contributed by atoms with van der Waals surface area (Å²) in [6.07, 6.45) is 0.986. The number of hydrogen-bond donors (Lipinski definition) is 0. The molecule has 1 saturated heterocycles. The molecule has 0 bridgehead atoms. The van der Waals surface area contributed by atoms with Gasteiger partial charge in [-0.2, -0.15) is 0 Å². The molecule has 1 amide bonds. The second-order valence-electron chi connectivity index (χ2n) is 6.74. The molecule has 1 aliphatic rings. The Morgan fingerprint density at radius 1 is 1.11 bits per heavy atom. The number of amides is 1. The fourth-order valence-electron chi connectivity index (χ4n) is 3.36. The normalized spacial score (nSPS) is 14.7. The van der Waals surface area contributed by atoms with Crippen LogP contribution in [0.5, 0.6) is 5.75 Å². The van der Waals surface area contributed by atoms with Gasteiger partial charge in [-0.15, -0.1) is 0 Å². The highest BCUT2D eigenvalue weighted by Gasteiger charge is 2.25. The van der Waals surface area contributed by atoms with E-state index in [0.29, 0.717) is 25.3 Å². The molecule has 0 N–H and O–H groups in total. The van der Waals surface area contributed by atoms with Crippen molar-refractivity contribution in [1.82, 2.24) is 9.80 Å². The minimum absolute atomic E-state index is 0.172. The molecular formula is C21H25N3O4. The first-order valence-corrected chi connectivity index (χ1v) is 9.55. The summed E-state index contributed by atoms with van der Waals surface area (Å²) in [4.78, 5) is 27.6. The van der Waals surface area contributed by atoms with Gasteiger partial charge >= 0.3 is 5.69 Å². The molecule has 2 aromatic rings. The van der Waals surface area contributed by atoms with Gasteiger partial charge in [0, 0.05) is 44.4 Å². The number of carbonyl (C=O) groups is 1. The zero-order chi connectivity index (χ0) is 19.9. The molecule has 28 heavy (non-hydrogen) atoms. The average Bonchev–Trinajstić information content (AvgIpc) is 2.73. The van der Waals surface area contributed by atoms with Gasteiger partial charge in [-0.25, -0.2) is 0 Å². The van der Waals surface area contributed by atoms with Crippen molar-refractivity contribution >= 4 is 11.6 Å². The van der Waals surface area contributed by atoms with E-state index >= 15 is 0 Å². The van der Waals surface area contributed by atoms with E-state index in [1.165, 1.54) is 17.7 Å². The monoisotopic (exact) mass is 383 g/mol. The van der Waals surface area contributed by atoms with Crippen molar-refractivity contribution in [3.8, 4) is 5.75 Å². The number of ether oxygens (including phenoxy) is 1. The highest BCUT2D eigenvalue weighted by Crippen LogP contribution is 2.28. The zero-order valence-corrected chi connectivity index (χ0v) is 16.0. The third-order valence-corrected chi connectivity index (χ3v) is 4.92. The first-order valence-electron chi connectivity index (χ1n) is 9.55. The molecular weight excluding hydrogens is 358 g/mol. The molecule has 7 nitrogen and oxygen atoms in total. The fourth-order valence-corrected chi connectivity index (χ4v) is 3.36. The summed E-state index contributed by atoms with van der Waals surface area (Å²) in [6.45, 7) is 5.90. The number of nitro groups is 1. The van der Waals surface area contributed by atoms with E-state index in [9.17, 15) is 14.9 Å². The predicted molar refractivity (Wildman–Crippen MR) is 107 cm³/mol. The summed E-state index contributed by atoms with van der Waals surface area (Å²) in [5.74, 6) is 0.0173. The van der Waals surface area contributed by atoms with E-state index < -0.39 is 4.92 Å². The van der Waals surface area contributed by atoms with Crippen LogP contribution in [0.2, 0.25) is 0 Å². The van der Waals surface area contributed by atoms with Crippen molar-refractivity contribution in [2.24, 2.45) is 0 Å². The van der Waals surface area contributed by atoms with Gasteiger partial charge in [-0.1, -0.05) is 30.3 Å². The third kappa shape index (κ3) is 4.86. The lowest BCUT2D eigenvalue weighted by Crippen LogP contribution is -2.49. The second-order valence-corrected chi connectivity index (χ2v) is 6.74. The summed E-state index contributed by atoms with van der Waals surface area (Å²) in [6, 6.07) is 14.8. The average molecular weight is 383 g/mol. The van der Waals surface area contributed by atoms with Crippen LogP contribution in [-0.2, 0) is 6.42 Å². The van der Waals surface area contributed by atoms with E-state index in [0.717, 1.165) is 26.1 Å². The van der Waals surface area contributed by atoms with Crippen molar-refractivity contribution < 1.29 is 14.5 Å². The summed E-state index contributed by atoms with van der Waals surface area (Å²) in [5, 5.41) is 11.3. The SMILES string of the molecule is CCOc1ccc(C(=O)N2CCN(CCc3ccccc3)CC2)cc1[N+](=O)[O-]. The van der Waals surface area contributed by atoms with Crippen molar-refractivity contribution in [3.63, 3.8) is 0 Å². The molecule has 2 aromatic carbocycles. The first-order chi connectivity index (χ1) is 13.6. The summed E-state index contributed by atoms with van der Waals surface area (Å²) < 4.78 is 5.28. The minimum Gasteiger partial charge on any atom is -0.487 e. The molecule has 0 saturated carbocycles. The molecule has 1 fully saturated rings. The Labute approximate surface area is 164 Å². The van der Waals surface area contributed by atoms with E-state index in [4.69, 9.17) is 4.74 Å². The summed E-state index contributed by atoms with van der Waals surface area (Å²) in [5.41, 5.74) is 1.46. The maximum atomic E-state index is 12.8. The van der Waals surface area contributed by atoms with Gasteiger partial charge in [-0.3, -0.25) is 19.8 Å². The van der Waals surface area contributed by atoms with Crippen LogP contribution in [-0.4, -0.2) is 60.0 Å². The van der Waals surface area contributed by atoms with Crippen LogP contribution in [0.1, 0.15) is 22.8 Å². The second kappa shape index (κ2) is 9.32. The molecule has 0 spiro atoms. The van der Waals surface area contributed by atoms with Gasteiger partial charge in [0.2, 0.25) is 0 Å². The number of hydrogen-bond acceptors (Lipinski definition) is 5. The smallest absolute Gasteiger partial charge is 0.311 e. The number of nitro benzene ring substituents is 1. The standard InChI is InChI=1S/C21H25N3O4/c1-2-28-20-9-8-18(16-19(20)24(26)27)21(25)23-14-12-22(13-15-23)11-10-17-6-4-3-5-7-17/h3-9,16H,2,10-15H2,1H3. The minimum atomic E-state index is -0.511. The predicted octanol–water partition coefficient (Wildman–Crippen LogP) is 2.99. The molecule has 1 aliphatic heterocycles. The lowest BCUT2D eigenvalue weighted by atomic mass is 10.1. The molecule has 3 rings (SSSR count). The third-order valence-electron chi connectivity index (χ3n) is 4.92. The van der Waals surface area contributed by atoms with Gasteiger partial charge in [-0.05, 0) is 31.0 Å². The molecule has 0 atom stereocenters. The lowest BCUT2D eigenvalue weighted by Gasteiger charge is -2.34. The molecule has 0 radical (unpaired) electrons. The molecule has 0 aliphatic carbocycles. The largest absolute Gasteiger partial charge is 0.487 e. The number of benzene rings is 2. The molecule has 148 valence electrons. The van der Waals surface area contributed by atoms with Crippen LogP contribution in [0.25, 0.3) is 0 Å². The first kappa shape index (κ1) is 19.8. The van der Waals surface area contributed by atoms with E-state index in [-0.39, 0.29) is 17.3 Å². The zero-order valence-electron chi connectivity index (χ0n) is 16.0. The van der Waals surface area contributed by atoms with E-state index in [2.05, 4.69) is 17.0 Å². The Morgan fingerprint density at radius 3 is 2.46 bits per heavy atom. The van der Waals surface area contributed by atoms with Crippen LogP contribution >= 0.6 is 0 Å². The summed E-state index contributed by atoms with van der Waals surface area (Å²) in [7, 11) is 0. The Hall–Kier alpha value is -2.93. The lowest BCUT2D eigenvalue weighted by molar-refractivity contribution is -0.385. The van der Waals surface area contributed by atoms with Crippen molar-refractivity contribution in [2.45, 2.75) is 13.3 Å². The van der Waals surface area contributed by atoms with Gasteiger partial charge in [0.1, 0.15) is 0 Å². The van der Waals surface area contributed by atoms with Crippen LogP contribution < -0.4 is 4.74 Å². The quantitative estimate of drug-likeness (QED) is 0.543. The number of carbonyl (C=O) groups excluding carboxylic acids is 1. The van der Waals surface area contributed by atoms with Crippen LogP contribution in [0, 0.1) is 10.1 Å². The van der Waals surface area contributed by atoms with E-state index in [1.54, 1.807) is 17.9 Å². The van der Waals surface area contributed by atoms with Crippen molar-refractivity contribution in [1.29, 1.82) is 0 Å². The molecule has 1 heterocycles. The van der Waals surface area contributed by atoms with Gasteiger partial charge < -0.3 is 9.64 Å². The molecule has 7 heteroatoms. The van der Waals surface area contributed by atoms with Crippen LogP contribution in [0.3, 0.4) is 0 Å². The Morgan fingerprint density at radius 2 is 1.82 bits per heavy atom. The molecule has 0 aromatic heterocycles. The van der Waals surface area contributed by atoms with E-state index in [1.807, 2.05) is 18.2 Å². The number of piperazine rings is 1.